The van der Waals surface area contributed by atoms with E-state index in [1.807, 2.05) is 48.5 Å². The Kier molecular flexibility index (Phi) is 15.1. The number of aromatic nitrogens is 8. The van der Waals surface area contributed by atoms with Crippen molar-refractivity contribution in [2.24, 2.45) is 0 Å². The number of nitrogens with one attached hydrogen (secondary N) is 2. The van der Waals surface area contributed by atoms with E-state index in [1.165, 1.54) is 9.13 Å². The van der Waals surface area contributed by atoms with Crippen LogP contribution in [0, 0.1) is 0 Å². The molecule has 6 rings (SSSR count). The van der Waals surface area contributed by atoms with Crippen LogP contribution in [0.4, 0.5) is 11.6 Å². The minimum Gasteiger partial charge on any atom is -0.461 e. The van der Waals surface area contributed by atoms with E-state index in [-0.39, 0.29) is 76.3 Å². The molecule has 0 unspecified atom stereocenters. The standard InChI is InChI=1S/C16H18ClN5O3.C16H19N5O4.2CH4/c1-24-5-6-25-15-20-13(18)12-14(21-15)22(16(23)19-12)9-11-4-2-3-10(7-11)8-17;1-24-5-6-25-15-19-13(17)12-14(20-15)21(16(23)18-12)8-10-3-2-4-11(7-10)9-22;;/h2-4,7H,5-6,8-9H2,1H3,(H,19,23)(H2,18,20,21);2-4,7,22H,5-6,8-9H2,1H3,(H,18,23)(H2,17,19,20);2*1H4. The van der Waals surface area contributed by atoms with Crippen molar-refractivity contribution in [1.82, 2.24) is 39.0 Å². The van der Waals surface area contributed by atoms with Gasteiger partial charge >= 0.3 is 23.4 Å². The van der Waals surface area contributed by atoms with Crippen LogP contribution in [0.25, 0.3) is 22.3 Å². The number of anilines is 2. The zero-order valence-corrected chi connectivity index (χ0v) is 28.1. The normalized spacial score (nSPS) is 10.7. The molecule has 0 saturated carbocycles. The van der Waals surface area contributed by atoms with Crippen LogP contribution in [0.1, 0.15) is 37.1 Å². The number of alkyl halides is 1. The number of fused-ring (bicyclic) bond motifs is 2. The maximum absolute atomic E-state index is 12.3. The van der Waals surface area contributed by atoms with Crippen LogP contribution in [0.2, 0.25) is 0 Å². The van der Waals surface area contributed by atoms with E-state index >= 15 is 0 Å². The van der Waals surface area contributed by atoms with Crippen LogP contribution in [-0.2, 0) is 35.1 Å². The van der Waals surface area contributed by atoms with Crippen LogP contribution >= 0.6 is 11.6 Å². The molecule has 7 N–H and O–H groups in total. The van der Waals surface area contributed by atoms with Crippen LogP contribution in [-0.4, -0.2) is 84.8 Å². The zero-order valence-electron chi connectivity index (χ0n) is 27.4. The van der Waals surface area contributed by atoms with E-state index in [0.717, 1.165) is 22.3 Å². The highest BCUT2D eigenvalue weighted by molar-refractivity contribution is 6.17. The number of ether oxygens (including phenoxy) is 4. The predicted molar refractivity (Wildman–Crippen MR) is 200 cm³/mol. The molecule has 6 aromatic rings. The Labute approximate surface area is 304 Å². The van der Waals surface area contributed by atoms with Gasteiger partial charge in [-0.3, -0.25) is 9.13 Å². The summed E-state index contributed by atoms with van der Waals surface area (Å²) < 4.78 is 23.6. The van der Waals surface area contributed by atoms with Crippen molar-refractivity contribution < 1.29 is 24.1 Å². The summed E-state index contributed by atoms with van der Waals surface area (Å²) in [7, 11) is 3.13. The lowest BCUT2D eigenvalue weighted by atomic mass is 10.1. The highest BCUT2D eigenvalue weighted by Gasteiger charge is 2.16. The van der Waals surface area contributed by atoms with Gasteiger partial charge in [-0.25, -0.2) is 9.59 Å². The molecule has 0 amide bonds. The van der Waals surface area contributed by atoms with Crippen LogP contribution in [0.3, 0.4) is 0 Å². The van der Waals surface area contributed by atoms with Crippen LogP contribution in [0.5, 0.6) is 12.0 Å². The summed E-state index contributed by atoms with van der Waals surface area (Å²) in [6.07, 6.45) is 0. The van der Waals surface area contributed by atoms with E-state index < -0.39 is 0 Å². The number of H-pyrrole nitrogens is 2. The van der Waals surface area contributed by atoms with E-state index in [0.29, 0.717) is 48.0 Å². The number of rotatable bonds is 14. The Hall–Kier alpha value is -5.49. The molecular weight excluding hydrogens is 696 g/mol. The third-order valence-electron chi connectivity index (χ3n) is 7.30. The number of aliphatic hydroxyl groups excluding tert-OH is 1. The molecule has 0 fully saturated rings. The van der Waals surface area contributed by atoms with Crippen molar-refractivity contribution in [2.75, 3.05) is 52.1 Å². The summed E-state index contributed by atoms with van der Waals surface area (Å²) in [6.45, 7) is 1.88. The van der Waals surface area contributed by atoms with Gasteiger partial charge in [0.05, 0.1) is 32.9 Å². The molecule has 0 radical (unpaired) electrons. The Morgan fingerprint density at radius 2 is 1.12 bits per heavy atom. The van der Waals surface area contributed by atoms with Crippen molar-refractivity contribution in [1.29, 1.82) is 0 Å². The highest BCUT2D eigenvalue weighted by atomic mass is 35.5. The fourth-order valence-corrected chi connectivity index (χ4v) is 5.09. The molecule has 52 heavy (non-hydrogen) atoms. The number of aliphatic hydroxyl groups is 1. The SMILES string of the molecule is C.C.COCCOc1nc(N)c2[nH]c(=O)n(Cc3cccc(CCl)c3)c2n1.COCCOc1nc(N)c2[nH]c(=O)n(Cc3cccc(CO)c3)c2n1. The fraction of sp³-hybridized carbons (Fsp3) is 0.353. The van der Waals surface area contributed by atoms with Crippen molar-refractivity contribution >= 4 is 45.6 Å². The zero-order chi connectivity index (χ0) is 35.6. The number of imidazole rings is 2. The van der Waals surface area contributed by atoms with Crippen molar-refractivity contribution in [3.63, 3.8) is 0 Å². The molecule has 18 heteroatoms. The van der Waals surface area contributed by atoms with Crippen LogP contribution in [0.15, 0.2) is 58.1 Å². The number of nitrogens with zero attached hydrogens (tertiary/aromatic N) is 6. The molecule has 0 spiro atoms. The van der Waals surface area contributed by atoms with Gasteiger partial charge in [0.25, 0.3) is 0 Å². The van der Waals surface area contributed by atoms with Gasteiger partial charge in [-0.2, -0.15) is 19.9 Å². The number of nitrogen functional groups attached to an aromatic ring is 2. The number of halogens is 1. The molecule has 4 aromatic heterocycles. The highest BCUT2D eigenvalue weighted by Crippen LogP contribution is 2.20. The second-order valence-electron chi connectivity index (χ2n) is 10.8. The molecule has 0 saturated heterocycles. The van der Waals surface area contributed by atoms with E-state index in [9.17, 15) is 14.7 Å². The molecule has 4 heterocycles. The number of nitrogens with two attached hydrogens (primary N) is 2. The lowest BCUT2D eigenvalue weighted by Gasteiger charge is -2.07. The van der Waals surface area contributed by atoms with Crippen LogP contribution < -0.4 is 32.3 Å². The third kappa shape index (κ3) is 9.85. The molecule has 2 aromatic carbocycles. The van der Waals surface area contributed by atoms with Gasteiger partial charge < -0.3 is 45.5 Å². The number of aromatic amines is 2. The summed E-state index contributed by atoms with van der Waals surface area (Å²) in [5, 5.41) is 9.25. The molecule has 280 valence electrons. The number of benzene rings is 2. The third-order valence-corrected chi connectivity index (χ3v) is 7.61. The fourth-order valence-electron chi connectivity index (χ4n) is 4.92. The number of methoxy groups -OCH3 is 2. The Balaban J connectivity index is 0.000000270. The molecular formula is C34H45ClN10O7. The minimum absolute atomic E-state index is 0. The second-order valence-corrected chi connectivity index (χ2v) is 11.1. The Bertz CT molecular complexity index is 2030. The lowest BCUT2D eigenvalue weighted by molar-refractivity contribution is 0.141. The number of hydrogen-bond acceptors (Lipinski definition) is 13. The molecule has 0 bridgehead atoms. The van der Waals surface area contributed by atoms with Gasteiger partial charge in [-0.05, 0) is 22.3 Å². The largest absolute Gasteiger partial charge is 0.461 e. The van der Waals surface area contributed by atoms with E-state index in [2.05, 4.69) is 29.9 Å². The van der Waals surface area contributed by atoms with Gasteiger partial charge in [-0.15, -0.1) is 11.6 Å². The average molecular weight is 741 g/mol. The summed E-state index contributed by atoms with van der Waals surface area (Å²) in [4.78, 5) is 46.6. The van der Waals surface area contributed by atoms with Gasteiger partial charge in [-0.1, -0.05) is 63.4 Å². The van der Waals surface area contributed by atoms with Gasteiger partial charge in [0.15, 0.2) is 22.9 Å². The summed E-state index contributed by atoms with van der Waals surface area (Å²) in [5.74, 6) is 0.698. The maximum atomic E-state index is 12.3. The molecule has 17 nitrogen and oxygen atoms in total. The Morgan fingerprint density at radius 1 is 0.692 bits per heavy atom. The van der Waals surface area contributed by atoms with Crippen molar-refractivity contribution in [3.05, 3.63) is 91.8 Å². The second kappa shape index (κ2) is 19.2. The van der Waals surface area contributed by atoms with Gasteiger partial charge in [0.2, 0.25) is 0 Å². The summed E-state index contributed by atoms with van der Waals surface area (Å²) in [5.41, 5.74) is 16.2. The predicted octanol–water partition coefficient (Wildman–Crippen LogP) is 3.05. The average Bonchev–Trinajstić information content (AvgIpc) is 3.60. The summed E-state index contributed by atoms with van der Waals surface area (Å²) in [6, 6.07) is 15.2. The van der Waals surface area contributed by atoms with Crippen molar-refractivity contribution in [3.8, 4) is 12.0 Å². The van der Waals surface area contributed by atoms with Gasteiger partial charge in [0.1, 0.15) is 24.2 Å². The van der Waals surface area contributed by atoms with Gasteiger partial charge in [0, 0.05) is 20.1 Å². The smallest absolute Gasteiger partial charge is 0.328 e. The van der Waals surface area contributed by atoms with E-state index in [4.69, 9.17) is 42.0 Å². The minimum atomic E-state index is -0.348. The van der Waals surface area contributed by atoms with E-state index in [1.54, 1.807) is 14.2 Å². The first kappa shape index (κ1) is 40.9. The topological polar surface area (TPSA) is 236 Å². The summed E-state index contributed by atoms with van der Waals surface area (Å²) >= 11 is 5.87. The molecule has 0 atom stereocenters. The molecule has 0 aliphatic rings. The first-order valence-electron chi connectivity index (χ1n) is 15.3. The Morgan fingerprint density at radius 3 is 1.54 bits per heavy atom. The first-order chi connectivity index (χ1) is 24.2. The lowest BCUT2D eigenvalue weighted by Crippen LogP contribution is -2.18. The molecule has 0 aliphatic heterocycles. The molecule has 0 aliphatic carbocycles. The monoisotopic (exact) mass is 740 g/mol. The maximum Gasteiger partial charge on any atom is 0.328 e. The number of hydrogen-bond donors (Lipinski definition) is 5. The first-order valence-corrected chi connectivity index (χ1v) is 15.9. The van der Waals surface area contributed by atoms with Crippen molar-refractivity contribution in [2.45, 2.75) is 40.4 Å². The quantitative estimate of drug-likeness (QED) is 0.0799.